The van der Waals surface area contributed by atoms with Crippen molar-refractivity contribution in [2.45, 2.75) is 6.92 Å². The minimum Gasteiger partial charge on any atom is -0.478 e. The van der Waals surface area contributed by atoms with E-state index in [-0.39, 0.29) is 11.3 Å². The van der Waals surface area contributed by atoms with E-state index in [0.29, 0.717) is 10.4 Å². The van der Waals surface area contributed by atoms with Crippen LogP contribution < -0.4 is 4.74 Å². The Hall–Kier alpha value is -1.88. The number of benzene rings is 1. The molecule has 0 spiro atoms. The number of para-hydroxylation sites is 1. The maximum absolute atomic E-state index is 11.0. The zero-order chi connectivity index (χ0) is 13.1. The Kier molecular flexibility index (Phi) is 3.62. The highest BCUT2D eigenvalue weighted by atomic mass is 79.9. The number of aromatic nitrogens is 1. The molecule has 0 atom stereocenters. The average Bonchev–Trinajstić information content (AvgIpc) is 2.33. The summed E-state index contributed by atoms with van der Waals surface area (Å²) in [6.45, 7) is 1.91. The molecule has 0 bridgehead atoms. The van der Waals surface area contributed by atoms with Gasteiger partial charge in [-0.2, -0.15) is 0 Å². The molecule has 1 aromatic carbocycles. The van der Waals surface area contributed by atoms with Crippen LogP contribution in [0.1, 0.15) is 15.9 Å². The second kappa shape index (κ2) is 5.18. The van der Waals surface area contributed by atoms with Crippen molar-refractivity contribution < 1.29 is 14.6 Å². The van der Waals surface area contributed by atoms with Gasteiger partial charge in [0.25, 0.3) is 0 Å². The minimum atomic E-state index is -1.03. The van der Waals surface area contributed by atoms with Gasteiger partial charge in [0, 0.05) is 6.20 Å². The monoisotopic (exact) mass is 307 g/mol. The van der Waals surface area contributed by atoms with Crippen LogP contribution in [0.5, 0.6) is 11.6 Å². The zero-order valence-electron chi connectivity index (χ0n) is 9.55. The van der Waals surface area contributed by atoms with Crippen molar-refractivity contribution in [3.63, 3.8) is 0 Å². The van der Waals surface area contributed by atoms with Crippen LogP contribution in [0.4, 0.5) is 0 Å². The number of carbonyl (C=O) groups is 1. The molecule has 0 aliphatic rings. The third-order valence-electron chi connectivity index (χ3n) is 2.27. The molecule has 92 valence electrons. The van der Waals surface area contributed by atoms with Crippen LogP contribution in [0.25, 0.3) is 0 Å². The summed E-state index contributed by atoms with van der Waals surface area (Å²) in [5.74, 6) is -0.426. The fourth-order valence-electron chi connectivity index (χ4n) is 1.43. The van der Waals surface area contributed by atoms with Gasteiger partial charge in [-0.3, -0.25) is 0 Å². The van der Waals surface area contributed by atoms with Gasteiger partial charge in [-0.05, 0) is 46.6 Å². The second-order valence-electron chi connectivity index (χ2n) is 3.70. The number of rotatable bonds is 3. The Labute approximate surface area is 112 Å². The first-order valence-electron chi connectivity index (χ1n) is 5.20. The highest BCUT2D eigenvalue weighted by molar-refractivity contribution is 9.10. The molecule has 0 saturated heterocycles. The van der Waals surface area contributed by atoms with E-state index in [4.69, 9.17) is 9.84 Å². The lowest BCUT2D eigenvalue weighted by Gasteiger charge is -2.09. The number of hydrogen-bond donors (Lipinski definition) is 1. The van der Waals surface area contributed by atoms with Crippen LogP contribution in [-0.4, -0.2) is 16.1 Å². The van der Waals surface area contributed by atoms with Gasteiger partial charge in [0.05, 0.1) is 4.47 Å². The van der Waals surface area contributed by atoms with Gasteiger partial charge < -0.3 is 9.84 Å². The smallest absolute Gasteiger partial charge is 0.339 e. The van der Waals surface area contributed by atoms with E-state index in [1.165, 1.54) is 6.07 Å². The third-order valence-corrected chi connectivity index (χ3v) is 2.84. The van der Waals surface area contributed by atoms with Crippen LogP contribution in [0.3, 0.4) is 0 Å². The number of aryl methyl sites for hydroxylation is 1. The Bertz CT molecular complexity index is 599. The van der Waals surface area contributed by atoms with E-state index in [1.807, 2.05) is 13.0 Å². The number of halogens is 1. The van der Waals surface area contributed by atoms with Crippen LogP contribution in [0.15, 0.2) is 41.0 Å². The summed E-state index contributed by atoms with van der Waals surface area (Å²) in [7, 11) is 0. The fourth-order valence-corrected chi connectivity index (χ4v) is 1.98. The molecule has 1 aromatic heterocycles. The Morgan fingerprint density at radius 2 is 2.11 bits per heavy atom. The second-order valence-corrected chi connectivity index (χ2v) is 4.56. The topological polar surface area (TPSA) is 59.4 Å². The molecule has 0 unspecified atom stereocenters. The Morgan fingerprint density at radius 1 is 1.39 bits per heavy atom. The average molecular weight is 308 g/mol. The number of pyridine rings is 1. The van der Waals surface area contributed by atoms with Gasteiger partial charge >= 0.3 is 5.97 Å². The third kappa shape index (κ3) is 2.68. The maximum Gasteiger partial charge on any atom is 0.339 e. The lowest BCUT2D eigenvalue weighted by Crippen LogP contribution is -2.00. The number of nitrogens with zero attached hydrogens (tertiary/aromatic N) is 1. The molecule has 2 aromatic rings. The first kappa shape index (κ1) is 12.6. The molecule has 2 rings (SSSR count). The summed E-state index contributed by atoms with van der Waals surface area (Å²) in [5.41, 5.74) is 1.09. The normalized spacial score (nSPS) is 10.1. The van der Waals surface area contributed by atoms with Crippen molar-refractivity contribution in [1.29, 1.82) is 0 Å². The molecule has 18 heavy (non-hydrogen) atoms. The quantitative estimate of drug-likeness (QED) is 0.940. The Balaban J connectivity index is 2.37. The predicted octanol–water partition coefficient (Wildman–Crippen LogP) is 3.64. The van der Waals surface area contributed by atoms with Gasteiger partial charge in [-0.25, -0.2) is 9.78 Å². The molecule has 4 nitrogen and oxygen atoms in total. The first-order chi connectivity index (χ1) is 8.58. The molecular formula is C13H10BrNO3. The van der Waals surface area contributed by atoms with E-state index in [1.54, 1.807) is 24.4 Å². The van der Waals surface area contributed by atoms with Crippen LogP contribution in [0, 0.1) is 6.92 Å². The molecule has 0 amide bonds. The van der Waals surface area contributed by atoms with Crippen molar-refractivity contribution in [1.82, 2.24) is 4.98 Å². The summed E-state index contributed by atoms with van der Waals surface area (Å²) in [6, 6.07) is 8.29. The molecule has 1 N–H and O–H groups in total. The van der Waals surface area contributed by atoms with E-state index in [0.717, 1.165) is 5.56 Å². The summed E-state index contributed by atoms with van der Waals surface area (Å²) in [5, 5.41) is 9.04. The lowest BCUT2D eigenvalue weighted by atomic mass is 10.2. The fraction of sp³-hybridized carbons (Fsp3) is 0.0769. The number of hydrogen-bond acceptors (Lipinski definition) is 3. The molecule has 1 heterocycles. The van der Waals surface area contributed by atoms with Crippen molar-refractivity contribution in [3.05, 3.63) is 52.1 Å². The van der Waals surface area contributed by atoms with Gasteiger partial charge in [-0.1, -0.05) is 12.1 Å². The molecule has 0 aliphatic carbocycles. The standard InChI is InChI=1S/C13H10BrNO3/c1-8-6-10(14)12(15-7-8)18-11-5-3-2-4-9(11)13(16)17/h2-7H,1H3,(H,16,17). The predicted molar refractivity (Wildman–Crippen MR) is 70.1 cm³/mol. The molecule has 0 saturated carbocycles. The van der Waals surface area contributed by atoms with Gasteiger partial charge in [0.15, 0.2) is 0 Å². The molecule has 0 radical (unpaired) electrons. The molecular weight excluding hydrogens is 298 g/mol. The van der Waals surface area contributed by atoms with Crippen molar-refractivity contribution in [3.8, 4) is 11.6 Å². The van der Waals surface area contributed by atoms with Gasteiger partial charge in [0.1, 0.15) is 11.3 Å². The van der Waals surface area contributed by atoms with Crippen LogP contribution >= 0.6 is 15.9 Å². The largest absolute Gasteiger partial charge is 0.478 e. The maximum atomic E-state index is 11.0. The zero-order valence-corrected chi connectivity index (χ0v) is 11.1. The van der Waals surface area contributed by atoms with E-state index in [9.17, 15) is 4.79 Å². The highest BCUT2D eigenvalue weighted by Crippen LogP contribution is 2.29. The van der Waals surface area contributed by atoms with Crippen molar-refractivity contribution in [2.24, 2.45) is 0 Å². The summed E-state index contributed by atoms with van der Waals surface area (Å²) >= 11 is 3.33. The van der Waals surface area contributed by atoms with Crippen molar-refractivity contribution in [2.75, 3.05) is 0 Å². The number of carboxylic acid groups (broad SMARTS) is 1. The number of carboxylic acids is 1. The number of aromatic carboxylic acids is 1. The first-order valence-corrected chi connectivity index (χ1v) is 5.99. The molecule has 0 aliphatic heterocycles. The lowest BCUT2D eigenvalue weighted by molar-refractivity contribution is 0.0694. The Morgan fingerprint density at radius 3 is 2.78 bits per heavy atom. The number of ether oxygens (including phenoxy) is 1. The summed E-state index contributed by atoms with van der Waals surface area (Å²) in [4.78, 5) is 15.2. The summed E-state index contributed by atoms with van der Waals surface area (Å²) < 4.78 is 6.20. The summed E-state index contributed by atoms with van der Waals surface area (Å²) in [6.07, 6.45) is 1.66. The molecule has 0 fully saturated rings. The van der Waals surface area contributed by atoms with Crippen LogP contribution in [0.2, 0.25) is 0 Å². The van der Waals surface area contributed by atoms with E-state index in [2.05, 4.69) is 20.9 Å². The van der Waals surface area contributed by atoms with Crippen LogP contribution in [-0.2, 0) is 0 Å². The minimum absolute atomic E-state index is 0.103. The SMILES string of the molecule is Cc1cnc(Oc2ccccc2C(=O)O)c(Br)c1. The van der Waals surface area contributed by atoms with Gasteiger partial charge in [0.2, 0.25) is 5.88 Å². The molecule has 5 heteroatoms. The van der Waals surface area contributed by atoms with E-state index >= 15 is 0 Å². The highest BCUT2D eigenvalue weighted by Gasteiger charge is 2.12. The van der Waals surface area contributed by atoms with Gasteiger partial charge in [-0.15, -0.1) is 0 Å². The van der Waals surface area contributed by atoms with Crippen molar-refractivity contribution >= 4 is 21.9 Å². The van der Waals surface area contributed by atoms with E-state index < -0.39 is 5.97 Å².